The fourth-order valence-electron chi connectivity index (χ4n) is 2.22. The van der Waals surface area contributed by atoms with Crippen molar-refractivity contribution in [3.8, 4) is 0 Å². The van der Waals surface area contributed by atoms with Gasteiger partial charge in [-0.15, -0.1) is 0 Å². The minimum atomic E-state index is -0.170. The summed E-state index contributed by atoms with van der Waals surface area (Å²) in [6, 6.07) is 0.535. The van der Waals surface area contributed by atoms with Crippen LogP contribution in [0.1, 0.15) is 19.8 Å². The third-order valence-corrected chi connectivity index (χ3v) is 3.36. The van der Waals surface area contributed by atoms with Gasteiger partial charge in [-0.1, -0.05) is 0 Å². The highest BCUT2D eigenvalue weighted by atomic mass is 16.1. The summed E-state index contributed by atoms with van der Waals surface area (Å²) in [6.07, 6.45) is 1.97. The largest absolute Gasteiger partial charge is 0.369 e. The first-order valence-corrected chi connectivity index (χ1v) is 5.38. The van der Waals surface area contributed by atoms with Crippen molar-refractivity contribution in [2.24, 2.45) is 11.1 Å². The maximum atomic E-state index is 11.2. The van der Waals surface area contributed by atoms with Crippen molar-refractivity contribution >= 4 is 5.91 Å². The molecule has 0 radical (unpaired) electrons. The van der Waals surface area contributed by atoms with Gasteiger partial charge in [0.2, 0.25) is 5.91 Å². The molecule has 2 rings (SSSR count). The van der Waals surface area contributed by atoms with Gasteiger partial charge in [-0.25, -0.2) is 0 Å². The van der Waals surface area contributed by atoms with Crippen LogP contribution in [0.3, 0.4) is 0 Å². The molecule has 1 saturated heterocycles. The Morgan fingerprint density at radius 1 is 1.64 bits per heavy atom. The summed E-state index contributed by atoms with van der Waals surface area (Å²) in [6.45, 7) is 6.15. The molecule has 2 aliphatic rings. The smallest absolute Gasteiger partial charge is 0.224 e. The van der Waals surface area contributed by atoms with E-state index in [0.717, 1.165) is 39.0 Å². The van der Waals surface area contributed by atoms with Gasteiger partial charge in [-0.3, -0.25) is 9.69 Å². The zero-order valence-electron chi connectivity index (χ0n) is 8.75. The number of primary amides is 1. The van der Waals surface area contributed by atoms with E-state index < -0.39 is 0 Å². The molecule has 4 heteroatoms. The van der Waals surface area contributed by atoms with Gasteiger partial charge in [-0.2, -0.15) is 0 Å². The summed E-state index contributed by atoms with van der Waals surface area (Å²) in [5.41, 5.74) is 5.23. The number of hydrogen-bond donors (Lipinski definition) is 2. The van der Waals surface area contributed by atoms with E-state index in [9.17, 15) is 4.79 Å². The van der Waals surface area contributed by atoms with Crippen molar-refractivity contribution in [3.63, 3.8) is 0 Å². The monoisotopic (exact) mass is 197 g/mol. The number of rotatable bonds is 3. The second kappa shape index (κ2) is 3.51. The van der Waals surface area contributed by atoms with Crippen LogP contribution in [0.2, 0.25) is 0 Å². The van der Waals surface area contributed by atoms with Crippen LogP contribution in [0.5, 0.6) is 0 Å². The minimum Gasteiger partial charge on any atom is -0.369 e. The van der Waals surface area contributed by atoms with Crippen LogP contribution < -0.4 is 11.1 Å². The lowest BCUT2D eigenvalue weighted by Crippen LogP contribution is -2.51. The molecular formula is C10H19N3O. The highest BCUT2D eigenvalue weighted by Crippen LogP contribution is 2.45. The lowest BCUT2D eigenvalue weighted by molar-refractivity contribution is -0.123. The number of piperazine rings is 1. The lowest BCUT2D eigenvalue weighted by Gasteiger charge is -2.33. The molecule has 1 atom stereocenters. The number of hydrogen-bond acceptors (Lipinski definition) is 3. The first kappa shape index (κ1) is 9.93. The number of nitrogens with one attached hydrogen (secondary N) is 1. The van der Waals surface area contributed by atoms with Crippen molar-refractivity contribution in [1.82, 2.24) is 10.2 Å². The predicted octanol–water partition coefficient (Wildman–Crippen LogP) is -0.454. The predicted molar refractivity (Wildman–Crippen MR) is 54.8 cm³/mol. The Hall–Kier alpha value is -0.610. The van der Waals surface area contributed by atoms with Crippen LogP contribution in [-0.4, -0.2) is 43.0 Å². The summed E-state index contributed by atoms with van der Waals surface area (Å²) in [5.74, 6) is -0.108. The molecule has 2 fully saturated rings. The Labute approximate surface area is 84.8 Å². The average Bonchev–Trinajstić information content (AvgIpc) is 2.85. The van der Waals surface area contributed by atoms with E-state index >= 15 is 0 Å². The summed E-state index contributed by atoms with van der Waals surface area (Å²) in [4.78, 5) is 13.6. The Morgan fingerprint density at radius 2 is 2.36 bits per heavy atom. The Kier molecular flexibility index (Phi) is 2.49. The molecule has 0 aromatic rings. The zero-order valence-corrected chi connectivity index (χ0v) is 8.75. The molecule has 0 aromatic heterocycles. The Bertz CT molecular complexity index is 238. The maximum absolute atomic E-state index is 11.2. The highest BCUT2D eigenvalue weighted by molar-refractivity contribution is 5.83. The van der Waals surface area contributed by atoms with Crippen LogP contribution in [0.15, 0.2) is 0 Å². The minimum absolute atomic E-state index is 0.108. The van der Waals surface area contributed by atoms with E-state index in [-0.39, 0.29) is 11.3 Å². The number of nitrogens with zero attached hydrogens (tertiary/aromatic N) is 1. The average molecular weight is 197 g/mol. The van der Waals surface area contributed by atoms with E-state index in [0.29, 0.717) is 6.04 Å². The maximum Gasteiger partial charge on any atom is 0.224 e. The number of nitrogens with two attached hydrogens (primary N) is 1. The number of carbonyl (C=O) groups excluding carboxylic acids is 1. The van der Waals surface area contributed by atoms with Gasteiger partial charge in [-0.05, 0) is 19.8 Å². The topological polar surface area (TPSA) is 58.4 Å². The van der Waals surface area contributed by atoms with Gasteiger partial charge in [0.15, 0.2) is 0 Å². The lowest BCUT2D eigenvalue weighted by atomic mass is 10.1. The van der Waals surface area contributed by atoms with Gasteiger partial charge >= 0.3 is 0 Å². The van der Waals surface area contributed by atoms with Gasteiger partial charge in [0, 0.05) is 32.2 Å². The Balaban J connectivity index is 1.88. The normalized spacial score (nSPS) is 31.4. The zero-order chi connectivity index (χ0) is 10.2. The fourth-order valence-corrected chi connectivity index (χ4v) is 2.22. The number of amides is 1. The van der Waals surface area contributed by atoms with Crippen molar-refractivity contribution in [2.75, 3.05) is 26.2 Å². The highest BCUT2D eigenvalue weighted by Gasteiger charge is 2.49. The summed E-state index contributed by atoms with van der Waals surface area (Å²) < 4.78 is 0. The molecule has 14 heavy (non-hydrogen) atoms. The molecule has 1 amide bonds. The van der Waals surface area contributed by atoms with Gasteiger partial charge in [0.1, 0.15) is 0 Å². The molecule has 1 aliphatic carbocycles. The van der Waals surface area contributed by atoms with Crippen LogP contribution in [-0.2, 0) is 4.79 Å². The molecule has 0 bridgehead atoms. The van der Waals surface area contributed by atoms with Crippen molar-refractivity contribution in [2.45, 2.75) is 25.8 Å². The van der Waals surface area contributed by atoms with E-state index in [1.165, 1.54) is 0 Å². The summed E-state index contributed by atoms with van der Waals surface area (Å²) >= 11 is 0. The van der Waals surface area contributed by atoms with Gasteiger partial charge in [0.05, 0.1) is 5.41 Å². The van der Waals surface area contributed by atoms with Crippen LogP contribution in [0, 0.1) is 5.41 Å². The third kappa shape index (κ3) is 1.91. The van der Waals surface area contributed by atoms with Crippen LogP contribution in [0.25, 0.3) is 0 Å². The van der Waals surface area contributed by atoms with Crippen molar-refractivity contribution in [1.29, 1.82) is 0 Å². The first-order chi connectivity index (χ1) is 6.62. The van der Waals surface area contributed by atoms with Crippen LogP contribution in [0.4, 0.5) is 0 Å². The SMILES string of the molecule is C[C@@H]1CN(CC2(C(N)=O)CC2)CCN1. The van der Waals surface area contributed by atoms with Crippen molar-refractivity contribution in [3.05, 3.63) is 0 Å². The molecule has 1 heterocycles. The molecular weight excluding hydrogens is 178 g/mol. The van der Waals surface area contributed by atoms with E-state index in [1.54, 1.807) is 0 Å². The van der Waals surface area contributed by atoms with Crippen molar-refractivity contribution < 1.29 is 4.79 Å². The third-order valence-electron chi connectivity index (χ3n) is 3.36. The first-order valence-electron chi connectivity index (χ1n) is 5.38. The molecule has 0 spiro atoms. The molecule has 0 unspecified atom stereocenters. The van der Waals surface area contributed by atoms with E-state index in [2.05, 4.69) is 17.1 Å². The van der Waals surface area contributed by atoms with E-state index in [1.807, 2.05) is 0 Å². The summed E-state index contributed by atoms with van der Waals surface area (Å²) in [5, 5.41) is 3.39. The summed E-state index contributed by atoms with van der Waals surface area (Å²) in [7, 11) is 0. The molecule has 80 valence electrons. The molecule has 0 aromatic carbocycles. The van der Waals surface area contributed by atoms with E-state index in [4.69, 9.17) is 5.73 Å². The van der Waals surface area contributed by atoms with Gasteiger partial charge < -0.3 is 11.1 Å². The Morgan fingerprint density at radius 3 is 2.86 bits per heavy atom. The fraction of sp³-hybridized carbons (Fsp3) is 0.900. The molecule has 1 saturated carbocycles. The molecule has 3 N–H and O–H groups in total. The number of carbonyl (C=O) groups is 1. The molecule has 4 nitrogen and oxygen atoms in total. The standard InChI is InChI=1S/C10H19N3O/c1-8-6-13(5-4-12-8)7-10(2-3-10)9(11)14/h8,12H,2-7H2,1H3,(H2,11,14)/t8-/m1/s1. The second-order valence-electron chi connectivity index (χ2n) is 4.73. The second-order valence-corrected chi connectivity index (χ2v) is 4.73. The molecule has 1 aliphatic heterocycles. The quantitative estimate of drug-likeness (QED) is 0.644. The van der Waals surface area contributed by atoms with Crippen LogP contribution >= 0.6 is 0 Å². The van der Waals surface area contributed by atoms with Gasteiger partial charge in [0.25, 0.3) is 0 Å².